The second kappa shape index (κ2) is 13.8. The molecule has 1 atom stereocenters. The number of aromatic nitrogens is 3. The lowest BCUT2D eigenvalue weighted by molar-refractivity contribution is 0.100. The van der Waals surface area contributed by atoms with Gasteiger partial charge in [-0.1, -0.05) is 42.8 Å². The molecule has 6 rings (SSSR count). The van der Waals surface area contributed by atoms with Crippen LogP contribution in [0, 0.1) is 6.92 Å². The Morgan fingerprint density at radius 3 is 2.53 bits per heavy atom. The molecule has 12 heteroatoms. The zero-order valence-electron chi connectivity index (χ0n) is 27.1. The van der Waals surface area contributed by atoms with Gasteiger partial charge in [-0.25, -0.2) is 9.37 Å². The van der Waals surface area contributed by atoms with E-state index < -0.39 is 12.1 Å². The van der Waals surface area contributed by atoms with E-state index in [1.165, 1.54) is 0 Å². The van der Waals surface area contributed by atoms with Gasteiger partial charge < -0.3 is 19.9 Å². The van der Waals surface area contributed by atoms with Crippen LogP contribution in [0.3, 0.4) is 0 Å². The monoisotopic (exact) mass is 659 g/mol. The van der Waals surface area contributed by atoms with Gasteiger partial charge >= 0.3 is 0 Å². The Morgan fingerprint density at radius 2 is 1.81 bits per heavy atom. The molecule has 10 nitrogen and oxygen atoms in total. The molecule has 2 aliphatic rings. The molecule has 2 N–H and O–H groups in total. The number of rotatable bonds is 9. The lowest BCUT2D eigenvalue weighted by Crippen LogP contribution is -2.30. The zero-order chi connectivity index (χ0) is 33.2. The minimum Gasteiger partial charge on any atom is -0.496 e. The zero-order valence-corrected chi connectivity index (χ0v) is 27.8. The molecule has 0 spiro atoms. The van der Waals surface area contributed by atoms with Gasteiger partial charge in [0.2, 0.25) is 0 Å². The van der Waals surface area contributed by atoms with E-state index in [0.717, 1.165) is 54.1 Å². The summed E-state index contributed by atoms with van der Waals surface area (Å²) in [7, 11) is 3.42. The molecule has 2 aliphatic heterocycles. The summed E-state index contributed by atoms with van der Waals surface area (Å²) in [5.41, 5.74) is 6.36. The van der Waals surface area contributed by atoms with Gasteiger partial charge in [-0.2, -0.15) is 0 Å². The second-order valence-electron chi connectivity index (χ2n) is 12.1. The van der Waals surface area contributed by atoms with Crippen LogP contribution >= 0.6 is 11.6 Å². The van der Waals surface area contributed by atoms with E-state index in [9.17, 15) is 14.0 Å². The Labute approximate surface area is 278 Å². The van der Waals surface area contributed by atoms with Gasteiger partial charge in [-0.05, 0) is 43.1 Å². The van der Waals surface area contributed by atoms with Crippen LogP contribution in [-0.2, 0) is 26.6 Å². The predicted molar refractivity (Wildman–Crippen MR) is 181 cm³/mol. The first-order valence-corrected chi connectivity index (χ1v) is 16.2. The van der Waals surface area contributed by atoms with Gasteiger partial charge in [-0.3, -0.25) is 24.4 Å². The van der Waals surface area contributed by atoms with E-state index in [-0.39, 0.29) is 11.6 Å². The van der Waals surface area contributed by atoms with E-state index in [2.05, 4.69) is 32.4 Å². The molecule has 0 aliphatic carbocycles. The number of amides is 2. The summed E-state index contributed by atoms with van der Waals surface area (Å²) in [5.74, 6) is 0.144. The number of pyridine rings is 1. The van der Waals surface area contributed by atoms with Crippen LogP contribution in [0.4, 0.5) is 15.8 Å². The summed E-state index contributed by atoms with van der Waals surface area (Å²) >= 11 is 6.91. The first-order chi connectivity index (χ1) is 22.7. The number of benzene rings is 2. The quantitative estimate of drug-likeness (QED) is 0.231. The third-order valence-electron chi connectivity index (χ3n) is 9.11. The number of nitrogens with one attached hydrogen (secondary N) is 2. The van der Waals surface area contributed by atoms with Crippen molar-refractivity contribution >= 4 is 34.8 Å². The lowest BCUT2D eigenvalue weighted by atomic mass is 9.98. The molecular weight excluding hydrogens is 621 g/mol. The molecule has 0 bridgehead atoms. The summed E-state index contributed by atoms with van der Waals surface area (Å²) in [6, 6.07) is 12.6. The number of carbonyl (C=O) groups is 2. The Kier molecular flexibility index (Phi) is 9.58. The van der Waals surface area contributed by atoms with E-state index in [4.69, 9.17) is 16.3 Å². The van der Waals surface area contributed by atoms with Gasteiger partial charge in [0.1, 0.15) is 17.6 Å². The lowest BCUT2D eigenvalue weighted by Gasteiger charge is -2.24. The topological polar surface area (TPSA) is 105 Å². The summed E-state index contributed by atoms with van der Waals surface area (Å²) < 4.78 is 21.1. The van der Waals surface area contributed by atoms with Crippen molar-refractivity contribution < 1.29 is 18.7 Å². The number of fused-ring (bicyclic) bond motifs is 1. The second-order valence-corrected chi connectivity index (χ2v) is 12.4. The normalized spacial score (nSPS) is 16.6. The van der Waals surface area contributed by atoms with Crippen LogP contribution < -0.4 is 15.4 Å². The van der Waals surface area contributed by atoms with Gasteiger partial charge in [0.05, 0.1) is 23.5 Å². The van der Waals surface area contributed by atoms with Crippen LogP contribution in [0.25, 0.3) is 11.1 Å². The molecule has 1 fully saturated rings. The van der Waals surface area contributed by atoms with E-state index in [1.54, 1.807) is 25.4 Å². The van der Waals surface area contributed by atoms with Crippen LogP contribution in [0.1, 0.15) is 57.0 Å². The Morgan fingerprint density at radius 1 is 1.06 bits per heavy atom. The Hall–Kier alpha value is -4.32. The van der Waals surface area contributed by atoms with Crippen LogP contribution in [0.15, 0.2) is 48.7 Å². The third-order valence-corrected chi connectivity index (χ3v) is 9.52. The fourth-order valence-corrected chi connectivity index (χ4v) is 6.66. The largest absolute Gasteiger partial charge is 0.496 e. The molecule has 0 unspecified atom stereocenters. The predicted octanol–water partition coefficient (Wildman–Crippen LogP) is 5.88. The summed E-state index contributed by atoms with van der Waals surface area (Å²) in [6.45, 7) is 8.18. The number of likely N-dealkylation sites (N-methyl/N-ethyl adjacent to an activating group) is 1. The Bertz CT molecular complexity index is 1830. The number of ether oxygens (including phenoxy) is 1. The average molecular weight is 660 g/mol. The number of likely N-dealkylation sites (tertiary alicyclic amines) is 1. The molecule has 2 amide bonds. The first kappa shape index (κ1) is 32.6. The number of hydrogen-bond donors (Lipinski definition) is 2. The molecular formula is C35H39ClFN7O3. The van der Waals surface area contributed by atoms with Crippen LogP contribution in [-0.4, -0.2) is 75.6 Å². The van der Waals surface area contributed by atoms with E-state index >= 15 is 0 Å². The molecule has 4 heterocycles. The fraction of sp³-hybridized carbons (Fsp3) is 0.371. The minimum atomic E-state index is -0.821. The van der Waals surface area contributed by atoms with Gasteiger partial charge in [0.15, 0.2) is 5.82 Å². The maximum atomic E-state index is 13.7. The molecule has 1 saturated heterocycles. The molecule has 4 aromatic rings. The van der Waals surface area contributed by atoms with Crippen molar-refractivity contribution in [2.45, 2.75) is 46.0 Å². The highest BCUT2D eigenvalue weighted by molar-refractivity contribution is 6.36. The van der Waals surface area contributed by atoms with Crippen molar-refractivity contribution in [1.82, 2.24) is 24.3 Å². The van der Waals surface area contributed by atoms with Gasteiger partial charge in [0, 0.05) is 81.0 Å². The number of hydrogen-bond acceptors (Lipinski definition) is 7. The molecule has 2 aromatic carbocycles. The number of methoxy groups -OCH3 is 1. The number of carbonyl (C=O) groups excluding carboxylic acids is 2. The van der Waals surface area contributed by atoms with Gasteiger partial charge in [-0.15, -0.1) is 0 Å². The number of imidazole rings is 1. The summed E-state index contributed by atoms with van der Waals surface area (Å²) in [4.78, 5) is 40.1. The van der Waals surface area contributed by atoms with E-state index in [1.807, 2.05) is 53.8 Å². The number of alkyl halides is 1. The van der Waals surface area contributed by atoms with Crippen molar-refractivity contribution in [2.75, 3.05) is 43.9 Å². The highest BCUT2D eigenvalue weighted by Gasteiger charge is 2.26. The smallest absolute Gasteiger partial charge is 0.291 e. The first-order valence-electron chi connectivity index (χ1n) is 15.8. The number of nitrogens with zero attached hydrogens (tertiary/aromatic N) is 5. The van der Waals surface area contributed by atoms with Crippen LogP contribution in [0.2, 0.25) is 5.02 Å². The standard InChI is InChI=1S/C35H39ClFN7O3/c1-5-43-15-13-30-29(20-43)39-33(42(30)3)35(46)41-27-11-7-9-25(32(27)36)24-8-6-10-26(21(24)2)40-34(45)28-16-31(47-4)22(17-38-28)18-44-14-12-23(37)19-44/h6-11,16-17,23H,5,12-15,18-20H2,1-4H3,(H,40,45)(H,41,46)/t23-/m1/s1. The summed E-state index contributed by atoms with van der Waals surface area (Å²) in [5, 5.41) is 6.30. The molecule has 0 radical (unpaired) electrons. The SMILES string of the molecule is CCN1CCc2c(nc(C(=O)Nc3cccc(-c4cccc(NC(=O)c5cc(OC)c(CN6CC[C@@H](F)C6)cn5)c4C)c3Cl)n2C)C1. The van der Waals surface area contributed by atoms with Crippen molar-refractivity contribution in [3.63, 3.8) is 0 Å². The maximum Gasteiger partial charge on any atom is 0.291 e. The highest BCUT2D eigenvalue weighted by atomic mass is 35.5. The average Bonchev–Trinajstić information content (AvgIpc) is 3.64. The van der Waals surface area contributed by atoms with Crippen molar-refractivity contribution in [2.24, 2.45) is 7.05 Å². The van der Waals surface area contributed by atoms with Crippen molar-refractivity contribution in [3.05, 3.63) is 87.7 Å². The van der Waals surface area contributed by atoms with E-state index in [0.29, 0.717) is 59.6 Å². The number of anilines is 2. The molecule has 47 heavy (non-hydrogen) atoms. The van der Waals surface area contributed by atoms with Crippen LogP contribution in [0.5, 0.6) is 5.75 Å². The van der Waals surface area contributed by atoms with Crippen molar-refractivity contribution in [1.29, 1.82) is 0 Å². The summed E-state index contributed by atoms with van der Waals surface area (Å²) in [6.07, 6.45) is 2.15. The highest BCUT2D eigenvalue weighted by Crippen LogP contribution is 2.38. The fourth-order valence-electron chi connectivity index (χ4n) is 6.39. The number of halogens is 2. The molecule has 246 valence electrons. The molecule has 0 saturated carbocycles. The van der Waals surface area contributed by atoms with Gasteiger partial charge in [0.25, 0.3) is 11.8 Å². The maximum absolute atomic E-state index is 13.7. The Balaban J connectivity index is 1.19. The third kappa shape index (κ3) is 6.74. The molecule has 2 aromatic heterocycles. The minimum absolute atomic E-state index is 0.196. The van der Waals surface area contributed by atoms with Crippen molar-refractivity contribution in [3.8, 4) is 16.9 Å².